The lowest BCUT2D eigenvalue weighted by Gasteiger charge is -2.26. The van der Waals surface area contributed by atoms with Crippen molar-refractivity contribution in [3.05, 3.63) is 29.3 Å². The lowest BCUT2D eigenvalue weighted by Crippen LogP contribution is -2.37. The Morgan fingerprint density at radius 2 is 1.74 bits per heavy atom. The van der Waals surface area contributed by atoms with Crippen molar-refractivity contribution < 1.29 is 13.5 Å². The summed E-state index contributed by atoms with van der Waals surface area (Å²) in [6.07, 6.45) is 9.25. The third-order valence-electron chi connectivity index (χ3n) is 5.31. The molecule has 1 aromatic rings. The molecule has 0 unspecified atom stereocenters. The van der Waals surface area contributed by atoms with Crippen LogP contribution < -0.4 is 4.72 Å². The fraction of sp³-hybridized carbons (Fsp3) is 0.667. The molecule has 0 heterocycles. The maximum atomic E-state index is 12.5. The Morgan fingerprint density at radius 3 is 2.48 bits per heavy atom. The van der Waals surface area contributed by atoms with Crippen LogP contribution in [0, 0.1) is 5.92 Å². The van der Waals surface area contributed by atoms with Crippen molar-refractivity contribution in [2.45, 2.75) is 68.8 Å². The van der Waals surface area contributed by atoms with Gasteiger partial charge >= 0.3 is 0 Å². The van der Waals surface area contributed by atoms with Crippen molar-refractivity contribution in [2.75, 3.05) is 6.54 Å². The largest absolute Gasteiger partial charge is 0.391 e. The molecule has 0 aliphatic heterocycles. The Bertz CT molecular complexity index is 636. The van der Waals surface area contributed by atoms with Crippen LogP contribution in [0.5, 0.6) is 0 Å². The first-order valence-electron chi connectivity index (χ1n) is 8.86. The number of benzene rings is 1. The van der Waals surface area contributed by atoms with E-state index < -0.39 is 16.1 Å². The molecule has 2 aliphatic carbocycles. The van der Waals surface area contributed by atoms with Crippen LogP contribution in [0.3, 0.4) is 0 Å². The number of rotatable bonds is 5. The van der Waals surface area contributed by atoms with E-state index >= 15 is 0 Å². The number of nitrogens with one attached hydrogen (secondary N) is 1. The maximum Gasteiger partial charge on any atom is 0.240 e. The number of hydrogen-bond donors (Lipinski definition) is 2. The molecule has 0 bridgehead atoms. The molecule has 128 valence electrons. The molecule has 1 aromatic carbocycles. The highest BCUT2D eigenvalue weighted by Gasteiger charge is 2.24. The van der Waals surface area contributed by atoms with E-state index in [1.54, 1.807) is 6.07 Å². The molecule has 0 spiro atoms. The average molecular weight is 337 g/mol. The highest BCUT2D eigenvalue weighted by molar-refractivity contribution is 7.89. The van der Waals surface area contributed by atoms with Gasteiger partial charge in [-0.1, -0.05) is 25.3 Å². The van der Waals surface area contributed by atoms with Crippen molar-refractivity contribution in [1.29, 1.82) is 0 Å². The van der Waals surface area contributed by atoms with Gasteiger partial charge in [0, 0.05) is 6.54 Å². The third-order valence-corrected chi connectivity index (χ3v) is 6.73. The Labute approximate surface area is 139 Å². The van der Waals surface area contributed by atoms with Gasteiger partial charge in [0.05, 0.1) is 11.0 Å². The zero-order chi connectivity index (χ0) is 16.3. The van der Waals surface area contributed by atoms with Crippen LogP contribution >= 0.6 is 0 Å². The van der Waals surface area contributed by atoms with Crippen LogP contribution in [0.25, 0.3) is 0 Å². The topological polar surface area (TPSA) is 66.4 Å². The highest BCUT2D eigenvalue weighted by atomic mass is 32.2. The first-order valence-corrected chi connectivity index (χ1v) is 10.3. The second-order valence-electron chi connectivity index (χ2n) is 6.95. The van der Waals surface area contributed by atoms with Crippen molar-refractivity contribution >= 4 is 10.0 Å². The van der Waals surface area contributed by atoms with Crippen LogP contribution in [-0.2, 0) is 22.9 Å². The minimum absolute atomic E-state index is 0.115. The predicted octanol–water partition coefficient (Wildman–Crippen LogP) is 2.78. The Hall–Kier alpha value is -0.910. The van der Waals surface area contributed by atoms with Gasteiger partial charge in [-0.15, -0.1) is 0 Å². The molecule has 1 saturated carbocycles. The summed E-state index contributed by atoms with van der Waals surface area (Å²) in [6, 6.07) is 5.45. The molecular weight excluding hydrogens is 310 g/mol. The van der Waals surface area contributed by atoms with E-state index in [9.17, 15) is 13.5 Å². The number of fused-ring (bicyclic) bond motifs is 1. The monoisotopic (exact) mass is 337 g/mol. The van der Waals surface area contributed by atoms with Crippen LogP contribution in [-0.4, -0.2) is 26.2 Å². The van der Waals surface area contributed by atoms with E-state index in [1.807, 2.05) is 12.1 Å². The first kappa shape index (κ1) is 16.9. The van der Waals surface area contributed by atoms with Crippen LogP contribution in [0.15, 0.2) is 23.1 Å². The summed E-state index contributed by atoms with van der Waals surface area (Å²) < 4.78 is 27.6. The second-order valence-corrected chi connectivity index (χ2v) is 8.72. The van der Waals surface area contributed by atoms with E-state index in [-0.39, 0.29) is 12.5 Å². The molecule has 2 aliphatic rings. The summed E-state index contributed by atoms with van der Waals surface area (Å²) in [6.45, 7) is 0.115. The zero-order valence-corrected chi connectivity index (χ0v) is 14.4. The fourth-order valence-electron chi connectivity index (χ4n) is 3.84. The molecule has 1 atom stereocenters. The second kappa shape index (κ2) is 7.32. The summed E-state index contributed by atoms with van der Waals surface area (Å²) in [5.41, 5.74) is 2.43. The fourth-order valence-corrected chi connectivity index (χ4v) is 4.94. The number of aliphatic hydroxyl groups is 1. The summed E-state index contributed by atoms with van der Waals surface area (Å²) in [7, 11) is -3.54. The van der Waals surface area contributed by atoms with Crippen molar-refractivity contribution in [3.8, 4) is 0 Å². The van der Waals surface area contributed by atoms with Crippen LogP contribution in [0.4, 0.5) is 0 Å². The normalized spacial score (nSPS) is 20.9. The van der Waals surface area contributed by atoms with Gasteiger partial charge in [-0.25, -0.2) is 13.1 Å². The Kier molecular flexibility index (Phi) is 5.39. The lowest BCUT2D eigenvalue weighted by molar-refractivity contribution is 0.0888. The van der Waals surface area contributed by atoms with Gasteiger partial charge in [0.15, 0.2) is 0 Å². The molecule has 0 radical (unpaired) electrons. The quantitative estimate of drug-likeness (QED) is 0.868. The Morgan fingerprint density at radius 1 is 1.04 bits per heavy atom. The van der Waals surface area contributed by atoms with Crippen LogP contribution in [0.1, 0.15) is 56.1 Å². The summed E-state index contributed by atoms with van der Waals surface area (Å²) >= 11 is 0. The minimum Gasteiger partial charge on any atom is -0.391 e. The first-order chi connectivity index (χ1) is 11.1. The van der Waals surface area contributed by atoms with E-state index in [4.69, 9.17) is 0 Å². The third kappa shape index (κ3) is 4.14. The van der Waals surface area contributed by atoms with Gasteiger partial charge in [-0.05, 0) is 67.7 Å². The Balaban J connectivity index is 1.64. The van der Waals surface area contributed by atoms with Gasteiger partial charge in [-0.3, -0.25) is 0 Å². The number of hydrogen-bond acceptors (Lipinski definition) is 3. The molecule has 1 fully saturated rings. The molecule has 4 nitrogen and oxygen atoms in total. The molecule has 0 amide bonds. The van der Waals surface area contributed by atoms with Crippen molar-refractivity contribution in [2.24, 2.45) is 5.92 Å². The van der Waals surface area contributed by atoms with Gasteiger partial charge in [0.25, 0.3) is 0 Å². The molecule has 2 N–H and O–H groups in total. The average Bonchev–Trinajstić information content (AvgIpc) is 2.60. The van der Waals surface area contributed by atoms with Gasteiger partial charge in [-0.2, -0.15) is 0 Å². The molecule has 0 saturated heterocycles. The van der Waals surface area contributed by atoms with E-state index in [1.165, 1.54) is 18.4 Å². The maximum absolute atomic E-state index is 12.5. The van der Waals surface area contributed by atoms with Crippen molar-refractivity contribution in [3.63, 3.8) is 0 Å². The van der Waals surface area contributed by atoms with Gasteiger partial charge in [0.2, 0.25) is 10.0 Å². The zero-order valence-electron chi connectivity index (χ0n) is 13.6. The van der Waals surface area contributed by atoms with E-state index in [0.717, 1.165) is 50.5 Å². The minimum atomic E-state index is -3.54. The SMILES string of the molecule is O=S(=O)(NC[C@@H](O)C1CCCCC1)c1ccc2c(c1)CCCC2. The molecule has 23 heavy (non-hydrogen) atoms. The standard InChI is InChI=1S/C18H27NO3S/c20-18(15-7-2-1-3-8-15)13-19-23(21,22)17-11-10-14-6-4-5-9-16(14)12-17/h10-12,15,18-20H,1-9,13H2/t18-/m1/s1. The molecule has 3 rings (SSSR count). The summed E-state index contributed by atoms with van der Waals surface area (Å²) in [5, 5.41) is 10.2. The molecule has 5 heteroatoms. The number of sulfonamides is 1. The van der Waals surface area contributed by atoms with Crippen LogP contribution in [0.2, 0.25) is 0 Å². The van der Waals surface area contributed by atoms with Gasteiger partial charge < -0.3 is 5.11 Å². The summed E-state index contributed by atoms with van der Waals surface area (Å²) in [5.74, 6) is 0.231. The smallest absolute Gasteiger partial charge is 0.240 e. The van der Waals surface area contributed by atoms with E-state index in [0.29, 0.717) is 4.90 Å². The van der Waals surface area contributed by atoms with Gasteiger partial charge in [0.1, 0.15) is 0 Å². The highest BCUT2D eigenvalue weighted by Crippen LogP contribution is 2.27. The predicted molar refractivity (Wildman–Crippen MR) is 90.9 cm³/mol. The summed E-state index contributed by atoms with van der Waals surface area (Å²) in [4.78, 5) is 0.328. The molecule has 0 aromatic heterocycles. The molecular formula is C18H27NO3S. The number of aryl methyl sites for hydroxylation is 2. The van der Waals surface area contributed by atoms with Crippen molar-refractivity contribution in [1.82, 2.24) is 4.72 Å². The van der Waals surface area contributed by atoms with E-state index in [2.05, 4.69) is 4.72 Å². The lowest BCUT2D eigenvalue weighted by atomic mass is 9.85. The number of aliphatic hydroxyl groups excluding tert-OH is 1.